The summed E-state index contributed by atoms with van der Waals surface area (Å²) >= 11 is 8.64. The van der Waals surface area contributed by atoms with Crippen LogP contribution in [0.2, 0.25) is 0 Å². The zero-order chi connectivity index (χ0) is 24.9. The Morgan fingerprint density at radius 1 is 1.20 bits per heavy atom. The number of aromatic nitrogens is 2. The highest BCUT2D eigenvalue weighted by molar-refractivity contribution is 9.10. The van der Waals surface area contributed by atoms with Crippen LogP contribution in [0.1, 0.15) is 43.3 Å². The van der Waals surface area contributed by atoms with Gasteiger partial charge in [0.05, 0.1) is 11.5 Å². The van der Waals surface area contributed by atoms with Crippen molar-refractivity contribution in [2.75, 3.05) is 0 Å². The number of rotatable bonds is 8. The molecule has 0 amide bonds. The van der Waals surface area contributed by atoms with E-state index in [1.165, 1.54) is 16.0 Å². The van der Waals surface area contributed by atoms with E-state index in [1.54, 1.807) is 34.4 Å². The van der Waals surface area contributed by atoms with Crippen molar-refractivity contribution in [3.8, 4) is 0 Å². The molecule has 2 aromatic carbocycles. The number of hydrogen-bond acceptors (Lipinski definition) is 4. The second kappa shape index (κ2) is 11.9. The second-order valence-corrected chi connectivity index (χ2v) is 12.5. The Morgan fingerprint density at radius 2 is 1.97 bits per heavy atom. The third kappa shape index (κ3) is 6.08. The van der Waals surface area contributed by atoms with Crippen LogP contribution in [0, 0.1) is 12.8 Å². The molecule has 0 aliphatic carbocycles. The van der Waals surface area contributed by atoms with Crippen LogP contribution >= 0.6 is 50.4 Å². The van der Waals surface area contributed by atoms with Crippen LogP contribution < -0.4 is 19.3 Å². The molecule has 0 radical (unpaired) electrons. The molecule has 0 fully saturated rings. The van der Waals surface area contributed by atoms with E-state index >= 15 is 0 Å². The van der Waals surface area contributed by atoms with Gasteiger partial charge >= 0.3 is 0 Å². The van der Waals surface area contributed by atoms with Crippen molar-refractivity contribution in [1.82, 2.24) is 4.57 Å². The summed E-state index contributed by atoms with van der Waals surface area (Å²) in [6.07, 6.45) is 5.29. The van der Waals surface area contributed by atoms with E-state index in [0.29, 0.717) is 12.5 Å². The summed E-state index contributed by atoms with van der Waals surface area (Å²) in [4.78, 5) is 16.0. The van der Waals surface area contributed by atoms with Crippen LogP contribution in [0.5, 0.6) is 0 Å². The molecule has 0 aliphatic rings. The molecule has 1 atom stereocenters. The van der Waals surface area contributed by atoms with Gasteiger partial charge in [-0.1, -0.05) is 83.2 Å². The highest BCUT2D eigenvalue weighted by atomic mass is 79.9. The average molecular weight is 587 g/mol. The number of thiazole rings is 2. The number of thioether (sulfide) groups is 1. The van der Waals surface area contributed by atoms with Crippen LogP contribution in [0.4, 0.5) is 0 Å². The van der Waals surface area contributed by atoms with Gasteiger partial charge in [-0.15, -0.1) is 11.3 Å². The fraction of sp³-hybridized carbons (Fsp3) is 0.286. The molecule has 0 bridgehead atoms. The van der Waals surface area contributed by atoms with Crippen LogP contribution in [0.3, 0.4) is 0 Å². The Labute approximate surface area is 227 Å². The molecule has 2 heterocycles. The van der Waals surface area contributed by atoms with E-state index in [-0.39, 0.29) is 5.56 Å². The van der Waals surface area contributed by atoms with Crippen LogP contribution in [0.25, 0.3) is 11.0 Å². The molecule has 0 saturated carbocycles. The van der Waals surface area contributed by atoms with Crippen LogP contribution in [-0.4, -0.2) is 4.57 Å². The predicted octanol–water partition coefficient (Wildman–Crippen LogP) is 6.17. The van der Waals surface area contributed by atoms with Gasteiger partial charge in [-0.05, 0) is 49.9 Å². The quantitative estimate of drug-likeness (QED) is 0.182. The Balaban J connectivity index is 1.84. The number of nitrogens with zero attached hydrogens (tertiary/aromatic N) is 2. The zero-order valence-electron chi connectivity index (χ0n) is 20.5. The number of hydrogen-bond donors (Lipinski definition) is 0. The van der Waals surface area contributed by atoms with E-state index < -0.39 is 0 Å². The smallest absolute Gasteiger partial charge is 0.269 e. The van der Waals surface area contributed by atoms with Gasteiger partial charge < -0.3 is 0 Å². The van der Waals surface area contributed by atoms with Crippen molar-refractivity contribution < 1.29 is 4.57 Å². The minimum atomic E-state index is 0.118. The maximum atomic E-state index is 13.6. The molecule has 7 heteroatoms. The highest BCUT2D eigenvalue weighted by Crippen LogP contribution is 2.36. The largest absolute Gasteiger partial charge is 0.299 e. The van der Waals surface area contributed by atoms with Crippen molar-refractivity contribution in [3.05, 3.63) is 100 Å². The van der Waals surface area contributed by atoms with E-state index in [9.17, 15) is 4.79 Å². The molecule has 3 nitrogen and oxygen atoms in total. The van der Waals surface area contributed by atoms with Crippen molar-refractivity contribution in [2.45, 2.75) is 52.1 Å². The summed E-state index contributed by atoms with van der Waals surface area (Å²) in [5.41, 5.74) is 2.59. The maximum Gasteiger partial charge on any atom is 0.269 e. The van der Waals surface area contributed by atoms with E-state index in [2.05, 4.69) is 108 Å². The van der Waals surface area contributed by atoms with Gasteiger partial charge in [-0.3, -0.25) is 9.36 Å². The number of halogens is 1. The third-order valence-corrected chi connectivity index (χ3v) is 10.1. The first-order valence-corrected chi connectivity index (χ1v) is 15.1. The molecule has 2 aromatic heterocycles. The molecule has 4 aromatic rings. The molecule has 0 saturated heterocycles. The molecular formula is C28H30BrN2OS3+. The molecule has 182 valence electrons. The minimum Gasteiger partial charge on any atom is -0.299 e. The van der Waals surface area contributed by atoms with E-state index in [4.69, 9.17) is 0 Å². The lowest BCUT2D eigenvalue weighted by Gasteiger charge is -2.14. The number of aryl methyl sites for hydroxylation is 1. The number of benzene rings is 2. The summed E-state index contributed by atoms with van der Waals surface area (Å²) in [7, 11) is 0. The second-order valence-electron chi connectivity index (χ2n) is 8.50. The minimum absolute atomic E-state index is 0.118. The lowest BCUT2D eigenvalue weighted by atomic mass is 10.1. The van der Waals surface area contributed by atoms with Crippen molar-refractivity contribution in [2.24, 2.45) is 5.92 Å². The van der Waals surface area contributed by atoms with Gasteiger partial charge in [-0.25, -0.2) is 0 Å². The molecule has 0 N–H and O–H groups in total. The standard InChI is InChI=1S/C28H30BrN2OS3/c1-5-19(3)26(34-23-13-12-22(29)16-20(23)4)27-28(32)31(6-2)25(35-27)17-24-30(14-15-33-24)18-21-10-8-7-9-11-21/h7-17,19H,5-6,18H2,1-4H3/q+1/b27-26+. The lowest BCUT2D eigenvalue weighted by molar-refractivity contribution is -0.685. The highest BCUT2D eigenvalue weighted by Gasteiger charge is 2.17. The van der Waals surface area contributed by atoms with Crippen LogP contribution in [-0.2, 0) is 13.1 Å². The average Bonchev–Trinajstić information content (AvgIpc) is 3.42. The predicted molar refractivity (Wildman–Crippen MR) is 155 cm³/mol. The van der Waals surface area contributed by atoms with Gasteiger partial charge in [0, 0.05) is 26.4 Å². The normalized spacial score (nSPS) is 13.8. The zero-order valence-corrected chi connectivity index (χ0v) is 24.5. The Kier molecular flexibility index (Phi) is 8.87. The summed E-state index contributed by atoms with van der Waals surface area (Å²) in [6.45, 7) is 10.1. The maximum absolute atomic E-state index is 13.6. The summed E-state index contributed by atoms with van der Waals surface area (Å²) < 4.78 is 7.12. The third-order valence-electron chi connectivity index (χ3n) is 6.02. The molecule has 35 heavy (non-hydrogen) atoms. The van der Waals surface area contributed by atoms with Gasteiger partial charge in [0.25, 0.3) is 10.6 Å². The van der Waals surface area contributed by atoms with Gasteiger partial charge in [0.2, 0.25) is 0 Å². The molecular weight excluding hydrogens is 556 g/mol. The molecule has 0 aliphatic heterocycles. The summed E-state index contributed by atoms with van der Waals surface area (Å²) in [5.74, 6) is 0.303. The SMILES string of the molecule is CCC(C)/C(Sc1ccc(Br)cc1C)=c1\s/c(=C\c2scc[n+]2Cc2ccccc2)n(CC)c1=O. The van der Waals surface area contributed by atoms with Gasteiger partial charge in [-0.2, -0.15) is 4.57 Å². The monoisotopic (exact) mass is 585 g/mol. The Bertz CT molecular complexity index is 1480. The van der Waals surface area contributed by atoms with Crippen LogP contribution in [0.15, 0.2) is 74.3 Å². The van der Waals surface area contributed by atoms with Gasteiger partial charge in [0.1, 0.15) is 9.20 Å². The molecule has 1 unspecified atom stereocenters. The fourth-order valence-corrected chi connectivity index (χ4v) is 7.77. The Hall–Kier alpha value is -1.93. The van der Waals surface area contributed by atoms with Gasteiger partial charge in [0.15, 0.2) is 12.7 Å². The first kappa shape index (κ1) is 26.1. The fourth-order valence-electron chi connectivity index (χ4n) is 3.84. The van der Waals surface area contributed by atoms with Crippen molar-refractivity contribution in [3.63, 3.8) is 0 Å². The topological polar surface area (TPSA) is 25.9 Å². The summed E-state index contributed by atoms with van der Waals surface area (Å²) in [6, 6.07) is 16.8. The van der Waals surface area contributed by atoms with E-state index in [1.807, 2.05) is 10.6 Å². The van der Waals surface area contributed by atoms with E-state index in [0.717, 1.165) is 36.5 Å². The lowest BCUT2D eigenvalue weighted by Crippen LogP contribution is -2.36. The van der Waals surface area contributed by atoms with Crippen molar-refractivity contribution >= 4 is 61.3 Å². The molecule has 4 rings (SSSR count). The Morgan fingerprint density at radius 3 is 2.66 bits per heavy atom. The summed E-state index contributed by atoms with van der Waals surface area (Å²) in [5, 5.41) is 3.26. The molecule has 0 spiro atoms. The first-order chi connectivity index (χ1) is 16.9. The first-order valence-electron chi connectivity index (χ1n) is 11.8. The van der Waals surface area contributed by atoms with Crippen molar-refractivity contribution in [1.29, 1.82) is 0 Å².